The van der Waals surface area contributed by atoms with E-state index >= 15 is 0 Å². The Hall–Kier alpha value is -3.72. The zero-order valence-electron chi connectivity index (χ0n) is 18.1. The number of nitrogens with zero attached hydrogens (tertiary/aromatic N) is 1. The van der Waals surface area contributed by atoms with Crippen molar-refractivity contribution in [2.24, 2.45) is 0 Å². The molecule has 8 nitrogen and oxygen atoms in total. The molecule has 0 aliphatic carbocycles. The molecule has 1 aliphatic heterocycles. The molecular formula is C24H24N2O6S. The van der Waals surface area contributed by atoms with Gasteiger partial charge in [0.25, 0.3) is 10.0 Å². The van der Waals surface area contributed by atoms with Crippen LogP contribution >= 0.6 is 0 Å². The Labute approximate surface area is 192 Å². The molecule has 0 unspecified atom stereocenters. The standard InChI is InChI=1S/C24H24N2O6S/c1-2-30-20-11-9-19(10-12-20)26(33(28,29)21-6-4-3-5-7-21)17-24(27)25-18-8-13-22-23(16-18)32-15-14-31-22/h3-13,16H,2,14-15,17H2,1H3,(H,25,27). The zero-order valence-corrected chi connectivity index (χ0v) is 18.9. The van der Waals surface area contributed by atoms with E-state index in [1.54, 1.807) is 60.7 Å². The Morgan fingerprint density at radius 3 is 2.36 bits per heavy atom. The van der Waals surface area contributed by atoms with Crippen LogP contribution in [-0.4, -0.2) is 40.7 Å². The molecule has 1 N–H and O–H groups in total. The zero-order chi connectivity index (χ0) is 23.3. The van der Waals surface area contributed by atoms with Crippen LogP contribution in [-0.2, 0) is 14.8 Å². The smallest absolute Gasteiger partial charge is 0.264 e. The molecule has 9 heteroatoms. The summed E-state index contributed by atoms with van der Waals surface area (Å²) in [5.41, 5.74) is 0.827. The highest BCUT2D eigenvalue weighted by molar-refractivity contribution is 7.92. The summed E-state index contributed by atoms with van der Waals surface area (Å²) in [6, 6.07) is 19.6. The molecule has 0 bridgehead atoms. The van der Waals surface area contributed by atoms with Gasteiger partial charge in [0.1, 0.15) is 25.5 Å². The number of fused-ring (bicyclic) bond motifs is 1. The van der Waals surface area contributed by atoms with Gasteiger partial charge in [-0.3, -0.25) is 9.10 Å². The minimum atomic E-state index is -3.99. The minimum Gasteiger partial charge on any atom is -0.494 e. The summed E-state index contributed by atoms with van der Waals surface area (Å²) in [6.45, 7) is 2.82. The Morgan fingerprint density at radius 1 is 0.970 bits per heavy atom. The van der Waals surface area contributed by atoms with Crippen LogP contribution in [0.5, 0.6) is 17.2 Å². The molecule has 0 saturated heterocycles. The predicted molar refractivity (Wildman–Crippen MR) is 125 cm³/mol. The van der Waals surface area contributed by atoms with Gasteiger partial charge in [-0.1, -0.05) is 18.2 Å². The largest absolute Gasteiger partial charge is 0.494 e. The highest BCUT2D eigenvalue weighted by atomic mass is 32.2. The number of rotatable bonds is 8. The van der Waals surface area contributed by atoms with E-state index in [0.717, 1.165) is 4.31 Å². The van der Waals surface area contributed by atoms with Gasteiger partial charge < -0.3 is 19.5 Å². The van der Waals surface area contributed by atoms with Gasteiger partial charge in [-0.15, -0.1) is 0 Å². The fourth-order valence-corrected chi connectivity index (χ4v) is 4.80. The van der Waals surface area contributed by atoms with Gasteiger partial charge in [-0.25, -0.2) is 8.42 Å². The number of anilines is 2. The van der Waals surface area contributed by atoms with Gasteiger partial charge in [0.05, 0.1) is 17.2 Å². The van der Waals surface area contributed by atoms with Crippen molar-refractivity contribution in [3.63, 3.8) is 0 Å². The van der Waals surface area contributed by atoms with E-state index in [4.69, 9.17) is 14.2 Å². The average molecular weight is 469 g/mol. The van der Waals surface area contributed by atoms with E-state index in [1.807, 2.05) is 6.92 Å². The van der Waals surface area contributed by atoms with Crippen LogP contribution in [0.2, 0.25) is 0 Å². The monoisotopic (exact) mass is 468 g/mol. The molecule has 1 aliphatic rings. The molecule has 0 radical (unpaired) electrons. The second-order valence-electron chi connectivity index (χ2n) is 7.16. The maximum Gasteiger partial charge on any atom is 0.264 e. The molecule has 1 heterocycles. The third-order valence-electron chi connectivity index (χ3n) is 4.88. The molecule has 172 valence electrons. The van der Waals surface area contributed by atoms with Gasteiger partial charge in [0.2, 0.25) is 5.91 Å². The molecule has 0 aromatic heterocycles. The van der Waals surface area contributed by atoms with Gasteiger partial charge >= 0.3 is 0 Å². The lowest BCUT2D eigenvalue weighted by molar-refractivity contribution is -0.114. The molecule has 1 amide bonds. The lowest BCUT2D eigenvalue weighted by Gasteiger charge is -2.24. The minimum absolute atomic E-state index is 0.0889. The normalized spacial score (nSPS) is 12.6. The summed E-state index contributed by atoms with van der Waals surface area (Å²) in [4.78, 5) is 13.0. The number of amides is 1. The van der Waals surface area contributed by atoms with Gasteiger partial charge in [0, 0.05) is 11.8 Å². The second-order valence-corrected chi connectivity index (χ2v) is 9.02. The summed E-state index contributed by atoms with van der Waals surface area (Å²) >= 11 is 0. The van der Waals surface area contributed by atoms with E-state index in [2.05, 4.69) is 5.32 Å². The van der Waals surface area contributed by atoms with Crippen LogP contribution in [0.4, 0.5) is 11.4 Å². The Morgan fingerprint density at radius 2 is 1.67 bits per heavy atom. The van der Waals surface area contributed by atoms with Crippen molar-refractivity contribution in [3.8, 4) is 17.2 Å². The first-order chi connectivity index (χ1) is 16.0. The van der Waals surface area contributed by atoms with Crippen molar-refractivity contribution in [2.75, 3.05) is 36.0 Å². The maximum atomic E-state index is 13.4. The number of carbonyl (C=O) groups is 1. The molecular weight excluding hydrogens is 444 g/mol. The summed E-state index contributed by atoms with van der Waals surface area (Å²) in [5, 5.41) is 2.74. The number of hydrogen-bond donors (Lipinski definition) is 1. The van der Waals surface area contributed by atoms with Crippen LogP contribution in [0, 0.1) is 0 Å². The van der Waals surface area contributed by atoms with E-state index in [-0.39, 0.29) is 4.90 Å². The molecule has 3 aromatic carbocycles. The van der Waals surface area contributed by atoms with Crippen molar-refractivity contribution in [3.05, 3.63) is 72.8 Å². The highest BCUT2D eigenvalue weighted by Gasteiger charge is 2.27. The molecule has 0 spiro atoms. The van der Waals surface area contributed by atoms with Gasteiger partial charge in [-0.2, -0.15) is 0 Å². The number of benzene rings is 3. The molecule has 4 rings (SSSR count). The first kappa shape index (κ1) is 22.5. The van der Waals surface area contributed by atoms with Crippen molar-refractivity contribution in [1.82, 2.24) is 0 Å². The quantitative estimate of drug-likeness (QED) is 0.542. The van der Waals surface area contributed by atoms with Crippen molar-refractivity contribution in [2.45, 2.75) is 11.8 Å². The Bertz CT molecular complexity index is 1210. The predicted octanol–water partition coefficient (Wildman–Crippen LogP) is 3.69. The van der Waals surface area contributed by atoms with Gasteiger partial charge in [-0.05, 0) is 55.5 Å². The second kappa shape index (κ2) is 9.83. The summed E-state index contributed by atoms with van der Waals surface area (Å²) < 4.78 is 44.4. The third kappa shape index (κ3) is 5.20. The molecule has 0 atom stereocenters. The number of nitrogens with one attached hydrogen (secondary N) is 1. The van der Waals surface area contributed by atoms with E-state index in [9.17, 15) is 13.2 Å². The van der Waals surface area contributed by atoms with E-state index < -0.39 is 22.5 Å². The first-order valence-corrected chi connectivity index (χ1v) is 11.9. The van der Waals surface area contributed by atoms with Crippen molar-refractivity contribution >= 4 is 27.3 Å². The molecule has 3 aromatic rings. The maximum absolute atomic E-state index is 13.4. The number of sulfonamides is 1. The number of carbonyl (C=O) groups excluding carboxylic acids is 1. The lowest BCUT2D eigenvalue weighted by Crippen LogP contribution is -2.38. The molecule has 33 heavy (non-hydrogen) atoms. The summed E-state index contributed by atoms with van der Waals surface area (Å²) in [6.07, 6.45) is 0. The molecule has 0 saturated carbocycles. The topological polar surface area (TPSA) is 94.2 Å². The number of ether oxygens (including phenoxy) is 3. The van der Waals surface area contributed by atoms with Crippen LogP contribution in [0.1, 0.15) is 6.92 Å². The third-order valence-corrected chi connectivity index (χ3v) is 6.67. The Kier molecular flexibility index (Phi) is 6.69. The Balaban J connectivity index is 1.60. The summed E-state index contributed by atoms with van der Waals surface area (Å²) in [5.74, 6) is 1.24. The SMILES string of the molecule is CCOc1ccc(N(CC(=O)Nc2ccc3c(c2)OCCO3)S(=O)(=O)c2ccccc2)cc1. The van der Waals surface area contributed by atoms with Crippen LogP contribution in [0.15, 0.2) is 77.7 Å². The fourth-order valence-electron chi connectivity index (χ4n) is 3.36. The number of hydrogen-bond acceptors (Lipinski definition) is 6. The van der Waals surface area contributed by atoms with E-state index in [1.165, 1.54) is 12.1 Å². The fraction of sp³-hybridized carbons (Fsp3) is 0.208. The van der Waals surface area contributed by atoms with Crippen LogP contribution < -0.4 is 23.8 Å². The van der Waals surface area contributed by atoms with Crippen LogP contribution in [0.25, 0.3) is 0 Å². The summed E-state index contributed by atoms with van der Waals surface area (Å²) in [7, 11) is -3.99. The molecule has 0 fully saturated rings. The van der Waals surface area contributed by atoms with Gasteiger partial charge in [0.15, 0.2) is 11.5 Å². The highest BCUT2D eigenvalue weighted by Crippen LogP contribution is 2.33. The van der Waals surface area contributed by atoms with Crippen LogP contribution in [0.3, 0.4) is 0 Å². The average Bonchev–Trinajstić information content (AvgIpc) is 2.84. The van der Waals surface area contributed by atoms with Crippen molar-refractivity contribution in [1.29, 1.82) is 0 Å². The first-order valence-electron chi connectivity index (χ1n) is 10.5. The van der Waals surface area contributed by atoms with E-state index in [0.29, 0.717) is 48.4 Å². The lowest BCUT2D eigenvalue weighted by atomic mass is 10.2. The van der Waals surface area contributed by atoms with Crippen molar-refractivity contribution < 1.29 is 27.4 Å².